The number of halogens is 1. The summed E-state index contributed by atoms with van der Waals surface area (Å²) in [4.78, 5) is 16.9. The Labute approximate surface area is 195 Å². The predicted molar refractivity (Wildman–Crippen MR) is 125 cm³/mol. The molecule has 0 fully saturated rings. The standard InChI is InChI=1S/C25H23FN4O4/c1-32-15-16-34-25-28-23(17-7-13-20(33-2)14-8-17)30(29-25)19-11-9-18(10-12-19)27-24(31)21-5-3-4-6-22(21)26/h3-14H,15-16H2,1-2H3,(H,27,31). The van der Waals surface area contributed by atoms with Crippen LogP contribution in [-0.4, -0.2) is 48.1 Å². The predicted octanol–water partition coefficient (Wildman–Crippen LogP) is 4.36. The molecule has 1 amide bonds. The molecule has 0 saturated carbocycles. The number of hydrogen-bond acceptors (Lipinski definition) is 6. The van der Waals surface area contributed by atoms with Crippen molar-refractivity contribution in [3.05, 3.63) is 84.2 Å². The van der Waals surface area contributed by atoms with Crippen molar-refractivity contribution in [1.82, 2.24) is 14.8 Å². The number of anilines is 1. The van der Waals surface area contributed by atoms with Crippen molar-refractivity contribution < 1.29 is 23.4 Å². The molecule has 0 spiro atoms. The van der Waals surface area contributed by atoms with Gasteiger partial charge in [-0.15, -0.1) is 5.10 Å². The van der Waals surface area contributed by atoms with Crippen molar-refractivity contribution >= 4 is 11.6 Å². The molecule has 8 nitrogen and oxygen atoms in total. The Balaban J connectivity index is 1.60. The Morgan fingerprint density at radius 3 is 2.38 bits per heavy atom. The number of aromatic nitrogens is 3. The minimum Gasteiger partial charge on any atom is -0.497 e. The van der Waals surface area contributed by atoms with Gasteiger partial charge >= 0.3 is 6.01 Å². The van der Waals surface area contributed by atoms with Gasteiger partial charge in [-0.3, -0.25) is 4.79 Å². The van der Waals surface area contributed by atoms with Crippen LogP contribution in [0.3, 0.4) is 0 Å². The molecular weight excluding hydrogens is 439 g/mol. The molecule has 0 aliphatic rings. The highest BCUT2D eigenvalue weighted by Gasteiger charge is 2.16. The van der Waals surface area contributed by atoms with Gasteiger partial charge in [0.1, 0.15) is 18.2 Å². The van der Waals surface area contributed by atoms with Crippen molar-refractivity contribution in [1.29, 1.82) is 0 Å². The van der Waals surface area contributed by atoms with E-state index in [1.165, 1.54) is 18.2 Å². The SMILES string of the molecule is COCCOc1nc(-c2ccc(OC)cc2)n(-c2ccc(NC(=O)c3ccccc3F)cc2)n1. The van der Waals surface area contributed by atoms with E-state index in [1.54, 1.807) is 49.2 Å². The molecule has 0 unspecified atom stereocenters. The van der Waals surface area contributed by atoms with Gasteiger partial charge in [0.2, 0.25) is 0 Å². The summed E-state index contributed by atoms with van der Waals surface area (Å²) in [5.74, 6) is 0.184. The minimum absolute atomic E-state index is 0.0255. The first kappa shape index (κ1) is 22.9. The average molecular weight is 462 g/mol. The van der Waals surface area contributed by atoms with Gasteiger partial charge in [-0.2, -0.15) is 4.98 Å². The van der Waals surface area contributed by atoms with Gasteiger partial charge in [0.05, 0.1) is 25.0 Å². The summed E-state index contributed by atoms with van der Waals surface area (Å²) in [6.45, 7) is 0.715. The van der Waals surface area contributed by atoms with Crippen LogP contribution >= 0.6 is 0 Å². The van der Waals surface area contributed by atoms with Crippen LogP contribution < -0.4 is 14.8 Å². The molecule has 0 atom stereocenters. The number of carbonyl (C=O) groups excluding carboxylic acids is 1. The van der Waals surface area contributed by atoms with Crippen molar-refractivity contribution in [2.24, 2.45) is 0 Å². The molecular formula is C25H23FN4O4. The molecule has 0 saturated heterocycles. The van der Waals surface area contributed by atoms with Crippen LogP contribution in [0.15, 0.2) is 72.8 Å². The van der Waals surface area contributed by atoms with Crippen LogP contribution in [0.2, 0.25) is 0 Å². The third-order valence-corrected chi connectivity index (χ3v) is 4.94. The number of amides is 1. The van der Waals surface area contributed by atoms with E-state index in [1.807, 2.05) is 24.3 Å². The van der Waals surface area contributed by atoms with Gasteiger partial charge in [-0.25, -0.2) is 9.07 Å². The third kappa shape index (κ3) is 5.21. The zero-order valence-corrected chi connectivity index (χ0v) is 18.7. The molecule has 3 aromatic carbocycles. The first-order chi connectivity index (χ1) is 16.6. The van der Waals surface area contributed by atoms with Gasteiger partial charge in [-0.1, -0.05) is 12.1 Å². The lowest BCUT2D eigenvalue weighted by Crippen LogP contribution is -2.13. The summed E-state index contributed by atoms with van der Waals surface area (Å²) < 4.78 is 31.4. The highest BCUT2D eigenvalue weighted by atomic mass is 19.1. The van der Waals surface area contributed by atoms with Crippen LogP contribution in [0.25, 0.3) is 17.1 Å². The maximum atomic E-state index is 13.9. The summed E-state index contributed by atoms with van der Waals surface area (Å²) in [6, 6.07) is 20.4. The molecule has 174 valence electrons. The van der Waals surface area contributed by atoms with E-state index in [2.05, 4.69) is 15.4 Å². The lowest BCUT2D eigenvalue weighted by atomic mass is 10.2. The molecule has 1 N–H and O–H groups in total. The van der Waals surface area contributed by atoms with E-state index in [0.717, 1.165) is 11.3 Å². The van der Waals surface area contributed by atoms with Crippen LogP contribution in [0, 0.1) is 5.82 Å². The Morgan fingerprint density at radius 2 is 1.71 bits per heavy atom. The Kier molecular flexibility index (Phi) is 7.14. The van der Waals surface area contributed by atoms with Gasteiger partial charge in [0.25, 0.3) is 5.91 Å². The summed E-state index contributed by atoms with van der Waals surface area (Å²) in [6.07, 6.45) is 0. The second-order valence-electron chi connectivity index (χ2n) is 7.18. The summed E-state index contributed by atoms with van der Waals surface area (Å²) in [7, 11) is 3.19. The second kappa shape index (κ2) is 10.6. The highest BCUT2D eigenvalue weighted by molar-refractivity contribution is 6.04. The number of ether oxygens (including phenoxy) is 3. The topological polar surface area (TPSA) is 87.5 Å². The molecule has 0 radical (unpaired) electrons. The van der Waals surface area contributed by atoms with E-state index >= 15 is 0 Å². The fourth-order valence-electron chi connectivity index (χ4n) is 3.21. The number of rotatable bonds is 9. The van der Waals surface area contributed by atoms with Crippen LogP contribution in [-0.2, 0) is 4.74 Å². The fraction of sp³-hybridized carbons (Fsp3) is 0.160. The smallest absolute Gasteiger partial charge is 0.336 e. The zero-order chi connectivity index (χ0) is 23.9. The maximum Gasteiger partial charge on any atom is 0.336 e. The normalized spacial score (nSPS) is 10.7. The molecule has 0 bridgehead atoms. The van der Waals surface area contributed by atoms with E-state index in [-0.39, 0.29) is 11.6 Å². The first-order valence-corrected chi connectivity index (χ1v) is 10.5. The van der Waals surface area contributed by atoms with Gasteiger partial charge in [0, 0.05) is 18.4 Å². The monoisotopic (exact) mass is 462 g/mol. The molecule has 0 aliphatic carbocycles. The van der Waals surface area contributed by atoms with Crippen molar-refractivity contribution in [3.8, 4) is 28.8 Å². The molecule has 9 heteroatoms. The highest BCUT2D eigenvalue weighted by Crippen LogP contribution is 2.26. The van der Waals surface area contributed by atoms with Crippen molar-refractivity contribution in [3.63, 3.8) is 0 Å². The molecule has 4 aromatic rings. The number of carbonyl (C=O) groups is 1. The van der Waals surface area contributed by atoms with Gasteiger partial charge in [0.15, 0.2) is 5.82 Å². The van der Waals surface area contributed by atoms with E-state index < -0.39 is 11.7 Å². The van der Waals surface area contributed by atoms with Crippen molar-refractivity contribution in [2.45, 2.75) is 0 Å². The van der Waals surface area contributed by atoms with Crippen LogP contribution in [0.5, 0.6) is 11.8 Å². The van der Waals surface area contributed by atoms with E-state index in [0.29, 0.717) is 30.4 Å². The summed E-state index contributed by atoms with van der Waals surface area (Å²) >= 11 is 0. The largest absolute Gasteiger partial charge is 0.497 e. The van der Waals surface area contributed by atoms with Gasteiger partial charge < -0.3 is 19.5 Å². The average Bonchev–Trinajstić information content (AvgIpc) is 3.29. The second-order valence-corrected chi connectivity index (χ2v) is 7.18. The number of methoxy groups -OCH3 is 2. The number of benzene rings is 3. The summed E-state index contributed by atoms with van der Waals surface area (Å²) in [5, 5.41) is 7.18. The van der Waals surface area contributed by atoms with Crippen LogP contribution in [0.4, 0.5) is 10.1 Å². The number of hydrogen-bond donors (Lipinski definition) is 1. The Morgan fingerprint density at radius 1 is 0.971 bits per heavy atom. The quantitative estimate of drug-likeness (QED) is 0.372. The number of nitrogens with zero attached hydrogens (tertiary/aromatic N) is 3. The fourth-order valence-corrected chi connectivity index (χ4v) is 3.21. The summed E-state index contributed by atoms with van der Waals surface area (Å²) in [5.41, 5.74) is 2.00. The third-order valence-electron chi connectivity index (χ3n) is 4.94. The van der Waals surface area contributed by atoms with Crippen LogP contribution in [0.1, 0.15) is 10.4 Å². The lowest BCUT2D eigenvalue weighted by molar-refractivity contribution is 0.102. The molecule has 4 rings (SSSR count). The zero-order valence-electron chi connectivity index (χ0n) is 18.7. The van der Waals surface area contributed by atoms with Gasteiger partial charge in [-0.05, 0) is 60.7 Å². The first-order valence-electron chi connectivity index (χ1n) is 10.5. The molecule has 0 aliphatic heterocycles. The maximum absolute atomic E-state index is 13.9. The van der Waals surface area contributed by atoms with E-state index in [9.17, 15) is 9.18 Å². The minimum atomic E-state index is -0.579. The number of nitrogens with one attached hydrogen (secondary N) is 1. The lowest BCUT2D eigenvalue weighted by Gasteiger charge is -2.09. The molecule has 34 heavy (non-hydrogen) atoms. The Hall–Kier alpha value is -4.24. The molecule has 1 aromatic heterocycles. The Bertz CT molecular complexity index is 1260. The molecule has 1 heterocycles. The van der Waals surface area contributed by atoms with Crippen molar-refractivity contribution in [2.75, 3.05) is 32.8 Å². The van der Waals surface area contributed by atoms with E-state index in [4.69, 9.17) is 14.2 Å².